The van der Waals surface area contributed by atoms with Crippen LogP contribution in [-0.2, 0) is 27.5 Å². The summed E-state index contributed by atoms with van der Waals surface area (Å²) in [5, 5.41) is 27.7. The second-order valence-electron chi connectivity index (χ2n) is 7.60. The number of carboxylic acid groups (broad SMARTS) is 2. The number of carboxylic acids is 2. The minimum atomic E-state index is -1.82. The van der Waals surface area contributed by atoms with Gasteiger partial charge in [-0.1, -0.05) is 36.4 Å². The van der Waals surface area contributed by atoms with Gasteiger partial charge in [-0.3, -0.25) is 9.69 Å². The summed E-state index contributed by atoms with van der Waals surface area (Å²) in [5.74, 6) is -2.70. The number of piperidine rings is 1. The second kappa shape index (κ2) is 13.1. The Morgan fingerprint density at radius 2 is 1.64 bits per heavy atom. The molecule has 1 aliphatic heterocycles. The average Bonchev–Trinajstić information content (AvgIpc) is 2.81. The SMILES string of the molecule is CCOc1cc(CN2CCC(C(=O)NCc3ccccc3)CC2)ccc1O.O=C(O)C(=O)O. The van der Waals surface area contributed by atoms with Crippen molar-refractivity contribution in [2.75, 3.05) is 19.7 Å². The van der Waals surface area contributed by atoms with Crippen molar-refractivity contribution < 1.29 is 34.4 Å². The van der Waals surface area contributed by atoms with E-state index in [2.05, 4.69) is 10.2 Å². The number of aliphatic carboxylic acids is 2. The number of rotatable bonds is 7. The smallest absolute Gasteiger partial charge is 0.414 e. The normalized spacial score (nSPS) is 14.0. The summed E-state index contributed by atoms with van der Waals surface area (Å²) in [6.07, 6.45) is 1.74. The van der Waals surface area contributed by atoms with Gasteiger partial charge in [0.05, 0.1) is 6.61 Å². The van der Waals surface area contributed by atoms with Crippen LogP contribution in [0.25, 0.3) is 0 Å². The summed E-state index contributed by atoms with van der Waals surface area (Å²) in [7, 11) is 0. The number of hydrogen-bond donors (Lipinski definition) is 4. The molecule has 1 heterocycles. The molecule has 1 saturated heterocycles. The van der Waals surface area contributed by atoms with E-state index in [4.69, 9.17) is 24.5 Å². The number of hydrogen-bond acceptors (Lipinski definition) is 6. The van der Waals surface area contributed by atoms with E-state index in [1.165, 1.54) is 0 Å². The van der Waals surface area contributed by atoms with Crippen molar-refractivity contribution in [3.05, 3.63) is 59.7 Å². The number of phenols is 1. The van der Waals surface area contributed by atoms with Gasteiger partial charge in [-0.25, -0.2) is 9.59 Å². The van der Waals surface area contributed by atoms with E-state index in [1.54, 1.807) is 6.07 Å². The molecule has 0 unspecified atom stereocenters. The second-order valence-corrected chi connectivity index (χ2v) is 7.60. The highest BCUT2D eigenvalue weighted by Crippen LogP contribution is 2.28. The van der Waals surface area contributed by atoms with Crippen LogP contribution in [0.2, 0.25) is 0 Å². The summed E-state index contributed by atoms with van der Waals surface area (Å²) in [4.78, 5) is 33.0. The van der Waals surface area contributed by atoms with E-state index >= 15 is 0 Å². The summed E-state index contributed by atoms with van der Waals surface area (Å²) >= 11 is 0. The van der Waals surface area contributed by atoms with Gasteiger partial charge in [-0.2, -0.15) is 0 Å². The third-order valence-corrected chi connectivity index (χ3v) is 5.18. The summed E-state index contributed by atoms with van der Waals surface area (Å²) in [6, 6.07) is 15.5. The summed E-state index contributed by atoms with van der Waals surface area (Å²) in [6.45, 7) is 5.62. The Hall–Kier alpha value is -3.59. The lowest BCUT2D eigenvalue weighted by Gasteiger charge is -2.31. The van der Waals surface area contributed by atoms with Crippen molar-refractivity contribution >= 4 is 17.8 Å². The van der Waals surface area contributed by atoms with Crippen molar-refractivity contribution in [1.29, 1.82) is 0 Å². The average molecular weight is 459 g/mol. The van der Waals surface area contributed by atoms with Gasteiger partial charge in [-0.15, -0.1) is 0 Å². The Kier molecular flexibility index (Phi) is 10.2. The molecule has 1 amide bonds. The first-order chi connectivity index (χ1) is 15.8. The van der Waals surface area contributed by atoms with Crippen molar-refractivity contribution in [3.8, 4) is 11.5 Å². The van der Waals surface area contributed by atoms with E-state index in [9.17, 15) is 9.90 Å². The lowest BCUT2D eigenvalue weighted by Crippen LogP contribution is -2.40. The van der Waals surface area contributed by atoms with E-state index in [0.717, 1.165) is 43.6 Å². The first-order valence-electron chi connectivity index (χ1n) is 10.7. The van der Waals surface area contributed by atoms with Crippen molar-refractivity contribution in [3.63, 3.8) is 0 Å². The van der Waals surface area contributed by atoms with Gasteiger partial charge in [0.2, 0.25) is 5.91 Å². The lowest BCUT2D eigenvalue weighted by atomic mass is 9.95. The Labute approximate surface area is 192 Å². The van der Waals surface area contributed by atoms with E-state index in [-0.39, 0.29) is 17.6 Å². The number of amides is 1. The zero-order valence-corrected chi connectivity index (χ0v) is 18.6. The quantitative estimate of drug-likeness (QED) is 0.465. The molecule has 1 fully saturated rings. The number of phenolic OH excluding ortho intramolecular Hbond substituents is 1. The molecule has 1 aliphatic rings. The third kappa shape index (κ3) is 8.82. The molecule has 0 aromatic heterocycles. The predicted molar refractivity (Wildman–Crippen MR) is 121 cm³/mol. The molecule has 178 valence electrons. The van der Waals surface area contributed by atoms with E-state index in [0.29, 0.717) is 18.9 Å². The number of aromatic hydroxyl groups is 1. The van der Waals surface area contributed by atoms with Crippen molar-refractivity contribution in [1.82, 2.24) is 10.2 Å². The van der Waals surface area contributed by atoms with Gasteiger partial charge < -0.3 is 25.4 Å². The molecule has 0 spiro atoms. The molecule has 0 atom stereocenters. The van der Waals surface area contributed by atoms with Crippen LogP contribution >= 0.6 is 0 Å². The van der Waals surface area contributed by atoms with Crippen LogP contribution in [0.4, 0.5) is 0 Å². The Morgan fingerprint density at radius 3 is 2.21 bits per heavy atom. The molecular formula is C24H30N2O7. The van der Waals surface area contributed by atoms with Crippen LogP contribution in [0.3, 0.4) is 0 Å². The molecule has 0 saturated carbocycles. The lowest BCUT2D eigenvalue weighted by molar-refractivity contribution is -0.159. The maximum absolute atomic E-state index is 12.4. The number of carbonyl (C=O) groups excluding carboxylic acids is 1. The highest BCUT2D eigenvalue weighted by Gasteiger charge is 2.25. The van der Waals surface area contributed by atoms with Crippen molar-refractivity contribution in [2.45, 2.75) is 32.9 Å². The number of ether oxygens (including phenoxy) is 1. The van der Waals surface area contributed by atoms with Gasteiger partial charge in [0, 0.05) is 19.0 Å². The minimum absolute atomic E-state index is 0.0868. The van der Waals surface area contributed by atoms with Gasteiger partial charge in [0.25, 0.3) is 0 Å². The van der Waals surface area contributed by atoms with E-state index in [1.807, 2.05) is 49.4 Å². The van der Waals surface area contributed by atoms with Gasteiger partial charge in [-0.05, 0) is 56.1 Å². The minimum Gasteiger partial charge on any atom is -0.504 e. The fourth-order valence-corrected chi connectivity index (χ4v) is 3.47. The number of benzene rings is 2. The summed E-state index contributed by atoms with van der Waals surface area (Å²) < 4.78 is 5.46. The monoisotopic (exact) mass is 458 g/mol. The molecular weight excluding hydrogens is 428 g/mol. The Balaban J connectivity index is 0.000000569. The molecule has 0 aliphatic carbocycles. The van der Waals surface area contributed by atoms with E-state index < -0.39 is 11.9 Å². The zero-order chi connectivity index (χ0) is 24.2. The Bertz CT molecular complexity index is 914. The number of nitrogens with one attached hydrogen (secondary N) is 1. The molecule has 2 aromatic rings. The molecule has 33 heavy (non-hydrogen) atoms. The highest BCUT2D eigenvalue weighted by atomic mass is 16.5. The van der Waals surface area contributed by atoms with Gasteiger partial charge in [0.1, 0.15) is 0 Å². The van der Waals surface area contributed by atoms with Crippen LogP contribution < -0.4 is 10.1 Å². The maximum atomic E-state index is 12.4. The molecule has 0 bridgehead atoms. The van der Waals surface area contributed by atoms with Gasteiger partial charge in [0.15, 0.2) is 11.5 Å². The zero-order valence-electron chi connectivity index (χ0n) is 18.6. The number of carbonyl (C=O) groups is 3. The van der Waals surface area contributed by atoms with Crippen LogP contribution in [0.15, 0.2) is 48.5 Å². The standard InChI is InChI=1S/C22H28N2O3.C2H2O4/c1-2-27-21-14-18(8-9-20(21)25)16-24-12-10-19(11-13-24)22(26)23-15-17-6-4-3-5-7-17;3-1(4)2(5)6/h3-9,14,19,25H,2,10-13,15-16H2,1H3,(H,23,26);(H,3,4)(H,5,6). The van der Waals surface area contributed by atoms with Crippen LogP contribution in [0.1, 0.15) is 30.9 Å². The molecule has 9 nitrogen and oxygen atoms in total. The van der Waals surface area contributed by atoms with Crippen LogP contribution in [0.5, 0.6) is 11.5 Å². The predicted octanol–water partition coefficient (Wildman–Crippen LogP) is 2.47. The Morgan fingerprint density at radius 1 is 1.00 bits per heavy atom. The topological polar surface area (TPSA) is 136 Å². The van der Waals surface area contributed by atoms with Crippen LogP contribution in [-0.4, -0.2) is 57.8 Å². The molecule has 4 N–H and O–H groups in total. The fraction of sp³-hybridized carbons (Fsp3) is 0.375. The largest absolute Gasteiger partial charge is 0.504 e. The highest BCUT2D eigenvalue weighted by molar-refractivity contribution is 6.27. The third-order valence-electron chi connectivity index (χ3n) is 5.18. The number of nitrogens with zero attached hydrogens (tertiary/aromatic N) is 1. The first kappa shape index (κ1) is 25.7. The maximum Gasteiger partial charge on any atom is 0.414 e. The fourth-order valence-electron chi connectivity index (χ4n) is 3.47. The molecule has 3 rings (SSSR count). The molecule has 0 radical (unpaired) electrons. The first-order valence-corrected chi connectivity index (χ1v) is 10.7. The summed E-state index contributed by atoms with van der Waals surface area (Å²) in [5.41, 5.74) is 2.24. The molecule has 2 aromatic carbocycles. The number of likely N-dealkylation sites (tertiary alicyclic amines) is 1. The van der Waals surface area contributed by atoms with Gasteiger partial charge >= 0.3 is 11.9 Å². The van der Waals surface area contributed by atoms with Crippen molar-refractivity contribution in [2.24, 2.45) is 5.92 Å². The van der Waals surface area contributed by atoms with Crippen LogP contribution in [0, 0.1) is 5.92 Å². The molecule has 9 heteroatoms.